The number of nitro groups is 1. The highest BCUT2D eigenvalue weighted by molar-refractivity contribution is 6.05. The van der Waals surface area contributed by atoms with Gasteiger partial charge in [0, 0.05) is 24.2 Å². The minimum atomic E-state index is -0.835. The number of nitrogens with one attached hydrogen (secondary N) is 1. The van der Waals surface area contributed by atoms with Crippen molar-refractivity contribution < 1.29 is 28.7 Å². The minimum Gasteiger partial charge on any atom is -0.495 e. The highest BCUT2D eigenvalue weighted by atomic mass is 16.6. The second-order valence-corrected chi connectivity index (χ2v) is 8.80. The maximum Gasteiger partial charge on any atom is 0.271 e. The fourth-order valence-corrected chi connectivity index (χ4v) is 5.25. The summed E-state index contributed by atoms with van der Waals surface area (Å²) in [6.07, 6.45) is 0.661. The number of anilines is 1. The normalized spacial score (nSPS) is 17.7. The highest BCUT2D eigenvalue weighted by Crippen LogP contribution is 2.49. The monoisotopic (exact) mass is 503 g/mol. The van der Waals surface area contributed by atoms with Crippen LogP contribution < -0.4 is 19.5 Å². The summed E-state index contributed by atoms with van der Waals surface area (Å²) in [5, 5.41) is 14.2. The van der Waals surface area contributed by atoms with Crippen LogP contribution in [0.15, 0.2) is 54.6 Å². The van der Waals surface area contributed by atoms with Crippen LogP contribution in [0.4, 0.5) is 11.4 Å². The van der Waals surface area contributed by atoms with Crippen LogP contribution in [0.2, 0.25) is 0 Å². The van der Waals surface area contributed by atoms with E-state index in [0.29, 0.717) is 35.6 Å². The number of amides is 2. The number of rotatable bonds is 6. The van der Waals surface area contributed by atoms with Gasteiger partial charge in [-0.1, -0.05) is 24.3 Å². The molecule has 2 aliphatic heterocycles. The van der Waals surface area contributed by atoms with E-state index in [-0.39, 0.29) is 23.0 Å². The van der Waals surface area contributed by atoms with Crippen LogP contribution >= 0.6 is 0 Å². The zero-order chi connectivity index (χ0) is 26.3. The van der Waals surface area contributed by atoms with Crippen molar-refractivity contribution in [3.8, 4) is 17.2 Å². The first-order chi connectivity index (χ1) is 17.9. The van der Waals surface area contributed by atoms with Gasteiger partial charge in [0.2, 0.25) is 5.91 Å². The van der Waals surface area contributed by atoms with E-state index in [9.17, 15) is 19.7 Å². The number of benzene rings is 3. The molecule has 37 heavy (non-hydrogen) atoms. The molecule has 0 fully saturated rings. The van der Waals surface area contributed by atoms with Gasteiger partial charge < -0.3 is 24.4 Å². The van der Waals surface area contributed by atoms with Crippen molar-refractivity contribution in [1.29, 1.82) is 0 Å². The van der Waals surface area contributed by atoms with Gasteiger partial charge in [-0.2, -0.15) is 0 Å². The smallest absolute Gasteiger partial charge is 0.271 e. The third kappa shape index (κ3) is 4.00. The Kier molecular flexibility index (Phi) is 6.16. The Balaban J connectivity index is 1.68. The zero-order valence-corrected chi connectivity index (χ0v) is 20.5. The van der Waals surface area contributed by atoms with E-state index in [1.807, 2.05) is 24.3 Å². The number of hydrogen-bond acceptors (Lipinski definition) is 7. The molecular formula is C27H25N3O7. The van der Waals surface area contributed by atoms with Crippen molar-refractivity contribution in [2.75, 3.05) is 33.2 Å². The summed E-state index contributed by atoms with van der Waals surface area (Å²) < 4.78 is 16.3. The van der Waals surface area contributed by atoms with E-state index in [1.54, 1.807) is 17.0 Å². The first-order valence-corrected chi connectivity index (χ1v) is 11.7. The van der Waals surface area contributed by atoms with Gasteiger partial charge in [-0.25, -0.2) is 0 Å². The number of nitro benzene ring substituents is 1. The quantitative estimate of drug-likeness (QED) is 0.397. The van der Waals surface area contributed by atoms with Crippen LogP contribution in [0.25, 0.3) is 0 Å². The van der Waals surface area contributed by atoms with E-state index in [0.717, 1.165) is 11.1 Å². The molecule has 0 saturated carbocycles. The number of ether oxygens (including phenoxy) is 3. The standard InChI is InChI=1S/C27H25N3O7/c1-35-21-9-8-16(30(33)34)12-20(21)28-26(31)24-18-13-22(36-2)23(37-3)14-19(18)27(32)29-11-10-15-6-4-5-7-17(15)25(24)29/h4-9,12-14,24-25H,10-11H2,1-3H3,(H,28,31)/t24-,25+/m1/s1. The number of fused-ring (bicyclic) bond motifs is 4. The number of non-ortho nitro benzene ring substituents is 1. The molecule has 0 spiro atoms. The molecule has 0 unspecified atom stereocenters. The van der Waals surface area contributed by atoms with Crippen LogP contribution in [0.1, 0.15) is 39.0 Å². The van der Waals surface area contributed by atoms with E-state index < -0.39 is 22.8 Å². The number of nitrogens with zero attached hydrogens (tertiary/aromatic N) is 2. The van der Waals surface area contributed by atoms with Crippen molar-refractivity contribution >= 4 is 23.2 Å². The SMILES string of the molecule is COc1ccc([N+](=O)[O-])cc1NC(=O)[C@@H]1c2cc(OC)c(OC)cc2C(=O)N2CCc3ccccc3[C@@H]12. The van der Waals surface area contributed by atoms with Crippen LogP contribution in [0.3, 0.4) is 0 Å². The Morgan fingerprint density at radius 3 is 2.38 bits per heavy atom. The molecular weight excluding hydrogens is 478 g/mol. The summed E-state index contributed by atoms with van der Waals surface area (Å²) in [4.78, 5) is 40.3. The average Bonchev–Trinajstić information content (AvgIpc) is 2.92. The number of methoxy groups -OCH3 is 3. The second kappa shape index (κ2) is 9.45. The Labute approximate surface area is 212 Å². The average molecular weight is 504 g/mol. The largest absolute Gasteiger partial charge is 0.495 e. The molecule has 0 radical (unpaired) electrons. The van der Waals surface area contributed by atoms with E-state index in [2.05, 4.69) is 5.32 Å². The van der Waals surface area contributed by atoms with E-state index in [4.69, 9.17) is 14.2 Å². The van der Waals surface area contributed by atoms with Crippen LogP contribution in [-0.4, -0.2) is 49.5 Å². The molecule has 2 aliphatic rings. The van der Waals surface area contributed by atoms with Crippen molar-refractivity contribution in [2.24, 2.45) is 0 Å². The van der Waals surface area contributed by atoms with Gasteiger partial charge in [0.25, 0.3) is 11.6 Å². The summed E-state index contributed by atoms with van der Waals surface area (Å²) in [5.74, 6) is -0.432. The summed E-state index contributed by atoms with van der Waals surface area (Å²) in [6, 6.07) is 14.4. The second-order valence-electron chi connectivity index (χ2n) is 8.80. The minimum absolute atomic E-state index is 0.163. The maximum atomic E-state index is 14.1. The molecule has 10 nitrogen and oxygen atoms in total. The molecule has 3 aromatic carbocycles. The third-order valence-electron chi connectivity index (χ3n) is 6.96. The van der Waals surface area contributed by atoms with Crippen molar-refractivity contribution in [3.05, 3.63) is 87.0 Å². The molecule has 0 aromatic heterocycles. The van der Waals surface area contributed by atoms with Gasteiger partial charge in [0.15, 0.2) is 11.5 Å². The summed E-state index contributed by atoms with van der Waals surface area (Å²) in [6.45, 7) is 0.443. The molecule has 5 rings (SSSR count). The van der Waals surface area contributed by atoms with Gasteiger partial charge in [-0.05, 0) is 41.3 Å². The van der Waals surface area contributed by atoms with Gasteiger partial charge in [-0.3, -0.25) is 19.7 Å². The molecule has 3 aromatic rings. The fourth-order valence-electron chi connectivity index (χ4n) is 5.25. The Morgan fingerprint density at radius 1 is 0.973 bits per heavy atom. The number of carbonyl (C=O) groups excluding carboxylic acids is 2. The maximum absolute atomic E-state index is 14.1. The molecule has 190 valence electrons. The zero-order valence-electron chi connectivity index (χ0n) is 20.5. The summed E-state index contributed by atoms with van der Waals surface area (Å²) in [7, 11) is 4.39. The topological polar surface area (TPSA) is 120 Å². The fraction of sp³-hybridized carbons (Fsp3) is 0.259. The Morgan fingerprint density at radius 2 is 1.68 bits per heavy atom. The number of hydrogen-bond donors (Lipinski definition) is 1. The molecule has 2 atom stereocenters. The van der Waals surface area contributed by atoms with Crippen molar-refractivity contribution in [3.63, 3.8) is 0 Å². The first kappa shape index (κ1) is 24.1. The van der Waals surface area contributed by atoms with Gasteiger partial charge in [-0.15, -0.1) is 0 Å². The molecule has 1 N–H and O–H groups in total. The molecule has 0 bridgehead atoms. The molecule has 0 saturated heterocycles. The lowest BCUT2D eigenvalue weighted by atomic mass is 9.75. The molecule has 2 amide bonds. The van der Waals surface area contributed by atoms with Crippen molar-refractivity contribution in [2.45, 2.75) is 18.4 Å². The highest BCUT2D eigenvalue weighted by Gasteiger charge is 2.47. The van der Waals surface area contributed by atoms with Crippen LogP contribution in [0.5, 0.6) is 17.2 Å². The molecule has 2 heterocycles. The first-order valence-electron chi connectivity index (χ1n) is 11.7. The van der Waals surface area contributed by atoms with E-state index >= 15 is 0 Å². The van der Waals surface area contributed by atoms with Gasteiger partial charge in [0.05, 0.1) is 43.9 Å². The summed E-state index contributed by atoms with van der Waals surface area (Å²) in [5.41, 5.74) is 2.75. The van der Waals surface area contributed by atoms with Crippen molar-refractivity contribution in [1.82, 2.24) is 4.90 Å². The van der Waals surface area contributed by atoms with Gasteiger partial charge >= 0.3 is 0 Å². The Hall–Kier alpha value is -4.60. The third-order valence-corrected chi connectivity index (χ3v) is 6.96. The lowest BCUT2D eigenvalue weighted by Gasteiger charge is -2.45. The predicted octanol–water partition coefficient (Wildman–Crippen LogP) is 4.10. The van der Waals surface area contributed by atoms with E-state index in [1.165, 1.54) is 39.5 Å². The van der Waals surface area contributed by atoms with Crippen LogP contribution in [-0.2, 0) is 11.2 Å². The predicted molar refractivity (Wildman–Crippen MR) is 134 cm³/mol. The lowest BCUT2D eigenvalue weighted by molar-refractivity contribution is -0.384. The lowest BCUT2D eigenvalue weighted by Crippen LogP contribution is -2.49. The molecule has 0 aliphatic carbocycles. The molecule has 10 heteroatoms. The van der Waals surface area contributed by atoms with Crippen LogP contribution in [0, 0.1) is 10.1 Å². The van der Waals surface area contributed by atoms with Gasteiger partial charge in [0.1, 0.15) is 5.75 Å². The Bertz CT molecular complexity index is 1420. The summed E-state index contributed by atoms with van der Waals surface area (Å²) >= 11 is 0. The number of carbonyl (C=O) groups is 2.